The third-order valence-corrected chi connectivity index (χ3v) is 6.35. The molecular formula is C22H36N8O. The molecule has 1 aliphatic carbocycles. The van der Waals surface area contributed by atoms with Crippen LogP contribution in [0, 0.1) is 6.92 Å². The molecule has 2 aromatic rings. The topological polar surface area (TPSA) is 103 Å². The summed E-state index contributed by atoms with van der Waals surface area (Å²) in [5.41, 5.74) is 1.37. The second kappa shape index (κ2) is 9.30. The number of hydrogen-bond donors (Lipinski definition) is 2. The van der Waals surface area contributed by atoms with E-state index in [1.54, 1.807) is 0 Å². The van der Waals surface area contributed by atoms with Crippen molar-refractivity contribution in [1.29, 1.82) is 0 Å². The molecule has 0 radical (unpaired) electrons. The molecule has 1 saturated carbocycles. The van der Waals surface area contributed by atoms with Gasteiger partial charge in [0.15, 0.2) is 5.82 Å². The fraction of sp³-hybridized carbons (Fsp3) is 0.682. The van der Waals surface area contributed by atoms with Crippen LogP contribution in [0.1, 0.15) is 76.0 Å². The Morgan fingerprint density at radius 3 is 2.65 bits per heavy atom. The number of aryl methyl sites for hydroxylation is 1. The van der Waals surface area contributed by atoms with Crippen LogP contribution in [0.4, 0.5) is 0 Å². The molecule has 3 rings (SSSR count). The Bertz CT molecular complexity index is 909. The second-order valence-corrected chi connectivity index (χ2v) is 9.53. The van der Waals surface area contributed by atoms with E-state index in [0.717, 1.165) is 37.3 Å². The lowest BCUT2D eigenvalue weighted by atomic mass is 9.84. The van der Waals surface area contributed by atoms with Crippen LogP contribution in [0.5, 0.6) is 0 Å². The van der Waals surface area contributed by atoms with Crippen molar-refractivity contribution in [3.05, 3.63) is 35.9 Å². The number of nitrogens with zero attached hydrogens (tertiary/aromatic N) is 6. The number of hydrogen-bond acceptors (Lipinski definition) is 6. The summed E-state index contributed by atoms with van der Waals surface area (Å²) in [4.78, 5) is 12.0. The van der Waals surface area contributed by atoms with E-state index in [0.29, 0.717) is 12.5 Å². The van der Waals surface area contributed by atoms with Crippen molar-refractivity contribution in [3.63, 3.8) is 0 Å². The van der Waals surface area contributed by atoms with Crippen LogP contribution in [-0.2, 0) is 23.8 Å². The highest BCUT2D eigenvalue weighted by molar-refractivity contribution is 5.87. The zero-order chi connectivity index (χ0) is 22.6. The van der Waals surface area contributed by atoms with Gasteiger partial charge in [-0.1, -0.05) is 19.4 Å². The summed E-state index contributed by atoms with van der Waals surface area (Å²) < 4.78 is 3.89. The van der Waals surface area contributed by atoms with Crippen molar-refractivity contribution in [1.82, 2.24) is 40.6 Å². The molecule has 1 unspecified atom stereocenters. The number of nitrogens with one attached hydrogen (secondary N) is 2. The van der Waals surface area contributed by atoms with Gasteiger partial charge in [-0.25, -0.2) is 4.68 Å². The third-order valence-electron chi connectivity index (χ3n) is 6.35. The average molecular weight is 429 g/mol. The van der Waals surface area contributed by atoms with E-state index in [-0.39, 0.29) is 5.91 Å². The molecule has 0 aliphatic heterocycles. The van der Waals surface area contributed by atoms with Gasteiger partial charge in [-0.05, 0) is 75.4 Å². The lowest BCUT2D eigenvalue weighted by Crippen LogP contribution is -2.53. The number of carbonyl (C=O) groups is 1. The van der Waals surface area contributed by atoms with Crippen molar-refractivity contribution in [3.8, 4) is 0 Å². The summed E-state index contributed by atoms with van der Waals surface area (Å²) in [5.74, 6) is 0.636. The minimum Gasteiger partial charge on any atom is -0.348 e. The lowest BCUT2D eigenvalue weighted by Gasteiger charge is -2.38. The van der Waals surface area contributed by atoms with Crippen LogP contribution < -0.4 is 10.6 Å². The summed E-state index contributed by atoms with van der Waals surface area (Å²) in [6.45, 7) is 12.6. The minimum atomic E-state index is -0.528. The minimum absolute atomic E-state index is 0.186. The molecule has 9 nitrogen and oxygen atoms in total. The van der Waals surface area contributed by atoms with Crippen LogP contribution in [0.15, 0.2) is 18.9 Å². The van der Waals surface area contributed by atoms with E-state index in [1.807, 2.05) is 36.5 Å². The molecule has 0 aromatic carbocycles. The van der Waals surface area contributed by atoms with Crippen molar-refractivity contribution >= 4 is 5.91 Å². The molecular weight excluding hydrogens is 392 g/mol. The molecule has 1 amide bonds. The molecule has 0 saturated heterocycles. The SMILES string of the molecule is C=CC(=O)NC(C)(C)CC(C)(NCCc1cnn(C)c1C)c1nnnn1C1CCCC1. The highest BCUT2D eigenvalue weighted by atomic mass is 16.1. The first-order valence-corrected chi connectivity index (χ1v) is 11.1. The summed E-state index contributed by atoms with van der Waals surface area (Å²) in [6, 6.07) is 0.331. The maximum atomic E-state index is 12.0. The molecule has 2 N–H and O–H groups in total. The number of tetrazole rings is 1. The molecule has 31 heavy (non-hydrogen) atoms. The fourth-order valence-electron chi connectivity index (χ4n) is 4.75. The number of amides is 1. The number of aromatic nitrogens is 6. The van der Waals surface area contributed by atoms with Gasteiger partial charge in [-0.3, -0.25) is 9.48 Å². The van der Waals surface area contributed by atoms with Gasteiger partial charge in [0.25, 0.3) is 0 Å². The van der Waals surface area contributed by atoms with Crippen molar-refractivity contribution < 1.29 is 4.79 Å². The monoisotopic (exact) mass is 428 g/mol. The lowest BCUT2D eigenvalue weighted by molar-refractivity contribution is -0.118. The average Bonchev–Trinajstić information content (AvgIpc) is 3.44. The highest BCUT2D eigenvalue weighted by Gasteiger charge is 2.40. The third kappa shape index (κ3) is 5.39. The van der Waals surface area contributed by atoms with E-state index < -0.39 is 11.1 Å². The molecule has 2 aromatic heterocycles. The van der Waals surface area contributed by atoms with Crippen LogP contribution in [0.3, 0.4) is 0 Å². The second-order valence-electron chi connectivity index (χ2n) is 9.53. The Balaban J connectivity index is 1.84. The quantitative estimate of drug-likeness (QED) is 0.563. The summed E-state index contributed by atoms with van der Waals surface area (Å²) >= 11 is 0. The Labute approximate surface area is 184 Å². The van der Waals surface area contributed by atoms with Gasteiger partial charge in [0.05, 0.1) is 17.8 Å². The van der Waals surface area contributed by atoms with Gasteiger partial charge in [0, 0.05) is 24.8 Å². The molecule has 1 fully saturated rings. The first-order chi connectivity index (χ1) is 14.6. The van der Waals surface area contributed by atoms with Gasteiger partial charge in [-0.15, -0.1) is 5.10 Å². The molecule has 1 atom stereocenters. The molecule has 170 valence electrons. The summed E-state index contributed by atoms with van der Waals surface area (Å²) in [5, 5.41) is 23.9. The maximum absolute atomic E-state index is 12.0. The van der Waals surface area contributed by atoms with Crippen LogP contribution in [0.25, 0.3) is 0 Å². The van der Waals surface area contributed by atoms with Crippen molar-refractivity contribution in [2.45, 2.75) is 83.3 Å². The molecule has 1 aliphatic rings. The fourth-order valence-corrected chi connectivity index (χ4v) is 4.75. The normalized spacial score (nSPS) is 16.9. The Kier molecular flexibility index (Phi) is 6.93. The van der Waals surface area contributed by atoms with Gasteiger partial charge in [0.1, 0.15) is 0 Å². The van der Waals surface area contributed by atoms with E-state index in [2.05, 4.69) is 51.7 Å². The standard InChI is InChI=1S/C22H36N8O/c1-7-19(31)25-21(3,4)15-22(5,23-13-12-17-14-24-29(6)16(17)2)20-26-27-28-30(20)18-10-8-9-11-18/h7,14,18,23H,1,8-13,15H2,2-6H3,(H,25,31). The van der Waals surface area contributed by atoms with Crippen LogP contribution in [0.2, 0.25) is 0 Å². The molecule has 0 spiro atoms. The van der Waals surface area contributed by atoms with E-state index in [9.17, 15) is 4.79 Å². The van der Waals surface area contributed by atoms with Gasteiger partial charge >= 0.3 is 0 Å². The maximum Gasteiger partial charge on any atom is 0.243 e. The van der Waals surface area contributed by atoms with Crippen LogP contribution in [-0.4, -0.2) is 48.0 Å². The Hall–Kier alpha value is -2.55. The van der Waals surface area contributed by atoms with E-state index in [1.165, 1.54) is 24.5 Å². The molecule has 0 bridgehead atoms. The molecule has 2 heterocycles. The summed E-state index contributed by atoms with van der Waals surface area (Å²) in [6.07, 6.45) is 9.30. The highest BCUT2D eigenvalue weighted by Crippen LogP contribution is 2.34. The largest absolute Gasteiger partial charge is 0.348 e. The van der Waals surface area contributed by atoms with Gasteiger partial charge < -0.3 is 10.6 Å². The first-order valence-electron chi connectivity index (χ1n) is 11.1. The molecule has 9 heteroatoms. The zero-order valence-corrected chi connectivity index (χ0v) is 19.5. The predicted molar refractivity (Wildman–Crippen MR) is 119 cm³/mol. The Morgan fingerprint density at radius 2 is 2.03 bits per heavy atom. The predicted octanol–water partition coefficient (Wildman–Crippen LogP) is 2.35. The number of rotatable bonds is 10. The van der Waals surface area contributed by atoms with Crippen molar-refractivity contribution in [2.75, 3.05) is 6.54 Å². The number of carbonyl (C=O) groups excluding carboxylic acids is 1. The summed E-state index contributed by atoms with van der Waals surface area (Å²) in [7, 11) is 1.96. The first kappa shape index (κ1) is 23.1. The van der Waals surface area contributed by atoms with Crippen molar-refractivity contribution in [2.24, 2.45) is 7.05 Å². The zero-order valence-electron chi connectivity index (χ0n) is 19.5. The Morgan fingerprint density at radius 1 is 1.32 bits per heavy atom. The smallest absolute Gasteiger partial charge is 0.243 e. The van der Waals surface area contributed by atoms with Gasteiger partial charge in [0.2, 0.25) is 5.91 Å². The van der Waals surface area contributed by atoms with Crippen LogP contribution >= 0.6 is 0 Å². The van der Waals surface area contributed by atoms with Gasteiger partial charge in [-0.2, -0.15) is 5.10 Å². The van der Waals surface area contributed by atoms with E-state index >= 15 is 0 Å². The van der Waals surface area contributed by atoms with E-state index in [4.69, 9.17) is 0 Å².